The van der Waals surface area contributed by atoms with Crippen molar-refractivity contribution >= 4 is 11.8 Å². The summed E-state index contributed by atoms with van der Waals surface area (Å²) in [6.07, 6.45) is 0.208. The maximum Gasteiger partial charge on any atom is 0.251 e. The van der Waals surface area contributed by atoms with Crippen molar-refractivity contribution in [2.45, 2.75) is 26.3 Å². The molecule has 2 aromatic carbocycles. The average Bonchev–Trinajstić information content (AvgIpc) is 2.61. The molecular formula is C20H23FN2O2. The van der Waals surface area contributed by atoms with Crippen LogP contribution in [0, 0.1) is 12.7 Å². The van der Waals surface area contributed by atoms with Crippen molar-refractivity contribution < 1.29 is 14.0 Å². The lowest BCUT2D eigenvalue weighted by molar-refractivity contribution is -0.131. The number of rotatable bonds is 6. The molecule has 1 unspecified atom stereocenters. The smallest absolute Gasteiger partial charge is 0.251 e. The number of halogens is 1. The minimum Gasteiger partial charge on any atom is -0.352 e. The predicted octanol–water partition coefficient (Wildman–Crippen LogP) is 3.47. The van der Waals surface area contributed by atoms with Gasteiger partial charge in [0.25, 0.3) is 5.91 Å². The van der Waals surface area contributed by atoms with Gasteiger partial charge in [-0.25, -0.2) is 4.39 Å². The maximum atomic E-state index is 13.0. The quantitative estimate of drug-likeness (QED) is 0.874. The molecule has 0 saturated heterocycles. The van der Waals surface area contributed by atoms with E-state index in [0.717, 1.165) is 11.1 Å². The van der Waals surface area contributed by atoms with Gasteiger partial charge in [0.05, 0.1) is 6.04 Å². The molecule has 2 rings (SSSR count). The van der Waals surface area contributed by atoms with Crippen LogP contribution in [-0.2, 0) is 4.79 Å². The van der Waals surface area contributed by atoms with Crippen LogP contribution in [0.5, 0.6) is 0 Å². The number of carbonyl (C=O) groups is 2. The molecule has 0 bridgehead atoms. The second-order valence-electron chi connectivity index (χ2n) is 6.05. The van der Waals surface area contributed by atoms with Crippen molar-refractivity contribution in [3.05, 3.63) is 71.0 Å². The number of carbonyl (C=O) groups excluding carboxylic acids is 2. The number of amides is 2. The Morgan fingerprint density at radius 3 is 2.40 bits per heavy atom. The molecule has 1 atom stereocenters. The minimum atomic E-state index is -0.302. The van der Waals surface area contributed by atoms with Gasteiger partial charge in [0.1, 0.15) is 5.82 Å². The molecule has 0 aliphatic rings. The average molecular weight is 342 g/mol. The molecule has 0 heterocycles. The molecule has 0 radical (unpaired) electrons. The van der Waals surface area contributed by atoms with Crippen molar-refractivity contribution in [2.75, 3.05) is 13.6 Å². The Bertz CT molecular complexity index is 744. The SMILES string of the molecule is Cc1ccccc1C(=O)NCCC(=O)N(C)C(C)c1ccc(F)cc1. The fraction of sp³-hybridized carbons (Fsp3) is 0.300. The second-order valence-corrected chi connectivity index (χ2v) is 6.05. The highest BCUT2D eigenvalue weighted by Crippen LogP contribution is 2.19. The van der Waals surface area contributed by atoms with E-state index in [1.54, 1.807) is 30.1 Å². The van der Waals surface area contributed by atoms with Crippen LogP contribution in [0.15, 0.2) is 48.5 Å². The van der Waals surface area contributed by atoms with E-state index in [1.807, 2.05) is 32.0 Å². The van der Waals surface area contributed by atoms with Crippen LogP contribution < -0.4 is 5.32 Å². The minimum absolute atomic E-state index is 0.0816. The molecule has 0 aliphatic carbocycles. The fourth-order valence-electron chi connectivity index (χ4n) is 2.56. The summed E-state index contributed by atoms with van der Waals surface area (Å²) in [5.41, 5.74) is 2.37. The van der Waals surface area contributed by atoms with E-state index in [9.17, 15) is 14.0 Å². The molecule has 2 aromatic rings. The molecule has 0 fully saturated rings. The van der Waals surface area contributed by atoms with Crippen LogP contribution in [0.25, 0.3) is 0 Å². The van der Waals surface area contributed by atoms with Crippen LogP contribution in [-0.4, -0.2) is 30.3 Å². The van der Waals surface area contributed by atoms with E-state index < -0.39 is 0 Å². The molecule has 1 N–H and O–H groups in total. The summed E-state index contributed by atoms with van der Waals surface area (Å²) in [4.78, 5) is 26.0. The van der Waals surface area contributed by atoms with E-state index in [0.29, 0.717) is 5.56 Å². The number of aryl methyl sites for hydroxylation is 1. The highest BCUT2D eigenvalue weighted by molar-refractivity contribution is 5.95. The summed E-state index contributed by atoms with van der Waals surface area (Å²) in [5, 5.41) is 2.78. The highest BCUT2D eigenvalue weighted by atomic mass is 19.1. The third-order valence-electron chi connectivity index (χ3n) is 4.34. The van der Waals surface area contributed by atoms with Gasteiger partial charge in [0.2, 0.25) is 5.91 Å². The lowest BCUT2D eigenvalue weighted by Crippen LogP contribution is -2.33. The zero-order chi connectivity index (χ0) is 18.4. The van der Waals surface area contributed by atoms with Crippen molar-refractivity contribution in [2.24, 2.45) is 0 Å². The van der Waals surface area contributed by atoms with Gasteiger partial charge in [-0.2, -0.15) is 0 Å². The first-order chi connectivity index (χ1) is 11.9. The summed E-state index contributed by atoms with van der Waals surface area (Å²) in [7, 11) is 1.71. The van der Waals surface area contributed by atoms with E-state index in [2.05, 4.69) is 5.32 Å². The number of hydrogen-bond donors (Lipinski definition) is 1. The Kier molecular flexibility index (Phi) is 6.28. The van der Waals surface area contributed by atoms with Crippen LogP contribution in [0.2, 0.25) is 0 Å². The molecule has 4 nitrogen and oxygen atoms in total. The first-order valence-electron chi connectivity index (χ1n) is 8.25. The van der Waals surface area contributed by atoms with Crippen LogP contribution in [0.4, 0.5) is 4.39 Å². The van der Waals surface area contributed by atoms with Crippen molar-refractivity contribution in [1.29, 1.82) is 0 Å². The normalized spacial score (nSPS) is 11.7. The summed E-state index contributed by atoms with van der Waals surface area (Å²) >= 11 is 0. The van der Waals surface area contributed by atoms with E-state index in [1.165, 1.54) is 12.1 Å². The van der Waals surface area contributed by atoms with Gasteiger partial charge >= 0.3 is 0 Å². The summed E-state index contributed by atoms with van der Waals surface area (Å²) in [6.45, 7) is 4.03. The van der Waals surface area contributed by atoms with Gasteiger partial charge in [-0.3, -0.25) is 9.59 Å². The number of benzene rings is 2. The largest absolute Gasteiger partial charge is 0.352 e. The topological polar surface area (TPSA) is 49.4 Å². The van der Waals surface area contributed by atoms with Crippen molar-refractivity contribution in [3.63, 3.8) is 0 Å². The fourth-order valence-corrected chi connectivity index (χ4v) is 2.56. The Morgan fingerprint density at radius 2 is 1.76 bits per heavy atom. The lowest BCUT2D eigenvalue weighted by atomic mass is 10.1. The molecule has 0 aromatic heterocycles. The number of hydrogen-bond acceptors (Lipinski definition) is 2. The summed E-state index contributed by atoms with van der Waals surface area (Å²) in [6, 6.07) is 13.3. The number of nitrogens with one attached hydrogen (secondary N) is 1. The zero-order valence-corrected chi connectivity index (χ0v) is 14.8. The van der Waals surface area contributed by atoms with Crippen LogP contribution in [0.3, 0.4) is 0 Å². The molecule has 2 amide bonds. The Morgan fingerprint density at radius 1 is 1.12 bits per heavy atom. The Labute approximate surface area is 147 Å². The molecule has 0 saturated carbocycles. The molecule has 25 heavy (non-hydrogen) atoms. The summed E-state index contributed by atoms with van der Waals surface area (Å²) < 4.78 is 13.0. The molecule has 0 spiro atoms. The molecule has 0 aliphatic heterocycles. The van der Waals surface area contributed by atoms with E-state index in [4.69, 9.17) is 0 Å². The highest BCUT2D eigenvalue weighted by Gasteiger charge is 2.17. The van der Waals surface area contributed by atoms with Crippen molar-refractivity contribution in [1.82, 2.24) is 10.2 Å². The monoisotopic (exact) mass is 342 g/mol. The van der Waals surface area contributed by atoms with Crippen LogP contribution in [0.1, 0.15) is 40.9 Å². The Hall–Kier alpha value is -2.69. The summed E-state index contributed by atoms with van der Waals surface area (Å²) in [5.74, 6) is -0.564. The maximum absolute atomic E-state index is 13.0. The first-order valence-corrected chi connectivity index (χ1v) is 8.25. The van der Waals surface area contributed by atoms with Gasteiger partial charge in [0.15, 0.2) is 0 Å². The lowest BCUT2D eigenvalue weighted by Gasteiger charge is -2.25. The van der Waals surface area contributed by atoms with Gasteiger partial charge in [-0.15, -0.1) is 0 Å². The standard InChI is InChI=1S/C20H23FN2O2/c1-14-6-4-5-7-18(14)20(25)22-13-12-19(24)23(3)15(2)16-8-10-17(21)11-9-16/h4-11,15H,12-13H2,1-3H3,(H,22,25). The third kappa shape index (κ3) is 4.89. The first kappa shape index (κ1) is 18.6. The molecular weight excluding hydrogens is 319 g/mol. The molecule has 132 valence electrons. The van der Waals surface area contributed by atoms with Crippen LogP contribution >= 0.6 is 0 Å². The predicted molar refractivity (Wildman–Crippen MR) is 95.7 cm³/mol. The number of nitrogens with zero attached hydrogens (tertiary/aromatic N) is 1. The van der Waals surface area contributed by atoms with Gasteiger partial charge in [-0.1, -0.05) is 30.3 Å². The Balaban J connectivity index is 1.86. The third-order valence-corrected chi connectivity index (χ3v) is 4.34. The van der Waals surface area contributed by atoms with E-state index in [-0.39, 0.29) is 36.6 Å². The van der Waals surface area contributed by atoms with Crippen molar-refractivity contribution in [3.8, 4) is 0 Å². The zero-order valence-electron chi connectivity index (χ0n) is 14.8. The van der Waals surface area contributed by atoms with Gasteiger partial charge < -0.3 is 10.2 Å². The van der Waals surface area contributed by atoms with E-state index >= 15 is 0 Å². The second kappa shape index (κ2) is 8.42. The molecule has 5 heteroatoms. The van der Waals surface area contributed by atoms with Gasteiger partial charge in [-0.05, 0) is 43.2 Å². The van der Waals surface area contributed by atoms with Gasteiger partial charge in [0, 0.05) is 25.6 Å².